The standard InChI is InChI=1S/C17H30N2O2/c1-4-5-11-19-15(20)14(12-13(2)3)18-16(21)17(19)9-7-6-8-10-17/h13-14H,4-12H2,1-3H3,(H,18,21). The van der Waals surface area contributed by atoms with Crippen molar-refractivity contribution in [1.29, 1.82) is 0 Å². The largest absolute Gasteiger partial charge is 0.342 e. The summed E-state index contributed by atoms with van der Waals surface area (Å²) in [6, 6.07) is -0.318. The van der Waals surface area contributed by atoms with E-state index in [9.17, 15) is 9.59 Å². The highest BCUT2D eigenvalue weighted by molar-refractivity contribution is 5.99. The molecule has 1 saturated heterocycles. The van der Waals surface area contributed by atoms with Crippen molar-refractivity contribution in [3.8, 4) is 0 Å². The van der Waals surface area contributed by atoms with Gasteiger partial charge in [-0.3, -0.25) is 9.59 Å². The zero-order chi connectivity index (χ0) is 15.5. The van der Waals surface area contributed by atoms with Crippen molar-refractivity contribution in [3.05, 3.63) is 0 Å². The quantitative estimate of drug-likeness (QED) is 0.847. The second-order valence-corrected chi connectivity index (χ2v) is 7.09. The number of nitrogens with zero attached hydrogens (tertiary/aromatic N) is 1. The molecule has 0 aromatic rings. The molecule has 2 aliphatic rings. The van der Waals surface area contributed by atoms with Crippen molar-refractivity contribution >= 4 is 11.8 Å². The molecule has 0 radical (unpaired) electrons. The van der Waals surface area contributed by atoms with Crippen LogP contribution >= 0.6 is 0 Å². The van der Waals surface area contributed by atoms with E-state index in [1.807, 2.05) is 4.90 Å². The summed E-state index contributed by atoms with van der Waals surface area (Å²) in [6.45, 7) is 7.06. The summed E-state index contributed by atoms with van der Waals surface area (Å²) in [6.07, 6.45) is 7.73. The summed E-state index contributed by atoms with van der Waals surface area (Å²) in [4.78, 5) is 27.6. The molecule has 2 amide bonds. The van der Waals surface area contributed by atoms with Crippen molar-refractivity contribution < 1.29 is 9.59 Å². The van der Waals surface area contributed by atoms with E-state index in [-0.39, 0.29) is 17.9 Å². The number of carbonyl (C=O) groups excluding carboxylic acids is 2. The van der Waals surface area contributed by atoms with Gasteiger partial charge in [0.25, 0.3) is 0 Å². The minimum absolute atomic E-state index is 0.101. The molecule has 1 aliphatic heterocycles. The van der Waals surface area contributed by atoms with Crippen LogP contribution in [0.5, 0.6) is 0 Å². The number of hydrogen-bond acceptors (Lipinski definition) is 2. The molecule has 1 aliphatic carbocycles. The Bertz CT molecular complexity index is 386. The second kappa shape index (κ2) is 6.80. The van der Waals surface area contributed by atoms with Crippen molar-refractivity contribution in [2.45, 2.75) is 83.7 Å². The van der Waals surface area contributed by atoms with Crippen LogP contribution in [0.4, 0.5) is 0 Å². The van der Waals surface area contributed by atoms with Gasteiger partial charge in [-0.1, -0.05) is 46.5 Å². The van der Waals surface area contributed by atoms with E-state index in [0.717, 1.165) is 51.5 Å². The first kappa shape index (κ1) is 16.3. The van der Waals surface area contributed by atoms with E-state index in [4.69, 9.17) is 0 Å². The maximum atomic E-state index is 12.9. The van der Waals surface area contributed by atoms with E-state index >= 15 is 0 Å². The molecule has 2 rings (SSSR count). The van der Waals surface area contributed by atoms with Crippen LogP contribution in [-0.2, 0) is 9.59 Å². The lowest BCUT2D eigenvalue weighted by atomic mass is 9.77. The average Bonchev–Trinajstić information content (AvgIpc) is 2.45. The molecule has 1 heterocycles. The zero-order valence-corrected chi connectivity index (χ0v) is 13.8. The van der Waals surface area contributed by atoms with Gasteiger partial charge >= 0.3 is 0 Å². The number of rotatable bonds is 5. The molecule has 21 heavy (non-hydrogen) atoms. The van der Waals surface area contributed by atoms with Crippen LogP contribution in [0.15, 0.2) is 0 Å². The molecule has 1 spiro atoms. The molecule has 0 bridgehead atoms. The Hall–Kier alpha value is -1.06. The van der Waals surface area contributed by atoms with Crippen LogP contribution in [0.25, 0.3) is 0 Å². The molecule has 1 N–H and O–H groups in total. The van der Waals surface area contributed by atoms with Crippen molar-refractivity contribution in [3.63, 3.8) is 0 Å². The predicted molar refractivity (Wildman–Crippen MR) is 83.8 cm³/mol. The fourth-order valence-corrected chi connectivity index (χ4v) is 3.78. The summed E-state index contributed by atoms with van der Waals surface area (Å²) in [5, 5.41) is 3.03. The summed E-state index contributed by atoms with van der Waals surface area (Å²) in [7, 11) is 0. The maximum Gasteiger partial charge on any atom is 0.246 e. The highest BCUT2D eigenvalue weighted by atomic mass is 16.2. The minimum Gasteiger partial charge on any atom is -0.342 e. The zero-order valence-electron chi connectivity index (χ0n) is 13.8. The molecular formula is C17H30N2O2. The van der Waals surface area contributed by atoms with Crippen LogP contribution in [0.1, 0.15) is 72.1 Å². The fraction of sp³-hybridized carbons (Fsp3) is 0.882. The molecule has 4 nitrogen and oxygen atoms in total. The Kier molecular flexibility index (Phi) is 5.28. The van der Waals surface area contributed by atoms with Crippen LogP contribution in [0.2, 0.25) is 0 Å². The molecule has 120 valence electrons. The topological polar surface area (TPSA) is 49.4 Å². The number of nitrogens with one attached hydrogen (secondary N) is 1. The Morgan fingerprint density at radius 2 is 1.90 bits per heavy atom. The molecule has 0 aromatic carbocycles. The SMILES string of the molecule is CCCCN1C(=O)C(CC(C)C)NC(=O)C12CCCCC2. The molecule has 1 atom stereocenters. The lowest BCUT2D eigenvalue weighted by Crippen LogP contribution is -2.71. The van der Waals surface area contributed by atoms with Crippen molar-refractivity contribution in [2.75, 3.05) is 6.54 Å². The third-order valence-corrected chi connectivity index (χ3v) is 4.93. The van der Waals surface area contributed by atoms with Crippen LogP contribution in [0.3, 0.4) is 0 Å². The third kappa shape index (κ3) is 3.24. The van der Waals surface area contributed by atoms with Crippen LogP contribution in [0, 0.1) is 5.92 Å². The molecule has 0 aromatic heterocycles. The Morgan fingerprint density at radius 1 is 1.24 bits per heavy atom. The highest BCUT2D eigenvalue weighted by Crippen LogP contribution is 2.37. The molecule has 2 fully saturated rings. The van der Waals surface area contributed by atoms with Crippen LogP contribution in [-0.4, -0.2) is 34.8 Å². The monoisotopic (exact) mass is 294 g/mol. The first-order chi connectivity index (χ1) is 10.0. The predicted octanol–water partition coefficient (Wildman–Crippen LogP) is 2.86. The van der Waals surface area contributed by atoms with E-state index < -0.39 is 5.54 Å². The van der Waals surface area contributed by atoms with Gasteiger partial charge in [0.1, 0.15) is 11.6 Å². The van der Waals surface area contributed by atoms with Gasteiger partial charge in [-0.05, 0) is 31.6 Å². The first-order valence-corrected chi connectivity index (χ1v) is 8.63. The number of hydrogen-bond donors (Lipinski definition) is 1. The second-order valence-electron chi connectivity index (χ2n) is 7.09. The summed E-state index contributed by atoms with van der Waals surface area (Å²) < 4.78 is 0. The summed E-state index contributed by atoms with van der Waals surface area (Å²) >= 11 is 0. The van der Waals surface area contributed by atoms with Gasteiger partial charge in [-0.2, -0.15) is 0 Å². The number of piperazine rings is 1. The number of amides is 2. The Morgan fingerprint density at radius 3 is 2.48 bits per heavy atom. The molecule has 4 heteroatoms. The maximum absolute atomic E-state index is 12.9. The van der Waals surface area contributed by atoms with E-state index in [0.29, 0.717) is 5.92 Å². The first-order valence-electron chi connectivity index (χ1n) is 8.63. The molecule has 1 saturated carbocycles. The van der Waals surface area contributed by atoms with Gasteiger partial charge in [-0.25, -0.2) is 0 Å². The van der Waals surface area contributed by atoms with Crippen molar-refractivity contribution in [1.82, 2.24) is 10.2 Å². The normalized spacial score (nSPS) is 25.5. The lowest BCUT2D eigenvalue weighted by Gasteiger charge is -2.50. The highest BCUT2D eigenvalue weighted by Gasteiger charge is 2.52. The van der Waals surface area contributed by atoms with E-state index in [1.54, 1.807) is 0 Å². The van der Waals surface area contributed by atoms with Gasteiger partial charge < -0.3 is 10.2 Å². The summed E-state index contributed by atoms with van der Waals surface area (Å²) in [5.74, 6) is 0.662. The van der Waals surface area contributed by atoms with Gasteiger partial charge in [0.05, 0.1) is 0 Å². The molecular weight excluding hydrogens is 264 g/mol. The summed E-state index contributed by atoms with van der Waals surface area (Å²) in [5.41, 5.74) is -0.544. The van der Waals surface area contributed by atoms with Crippen LogP contribution < -0.4 is 5.32 Å². The molecule has 1 unspecified atom stereocenters. The average molecular weight is 294 g/mol. The smallest absolute Gasteiger partial charge is 0.246 e. The fourth-order valence-electron chi connectivity index (χ4n) is 3.78. The number of carbonyl (C=O) groups is 2. The number of unbranched alkanes of at least 4 members (excludes halogenated alkanes) is 1. The third-order valence-electron chi connectivity index (χ3n) is 4.93. The van der Waals surface area contributed by atoms with Crippen molar-refractivity contribution in [2.24, 2.45) is 5.92 Å². The minimum atomic E-state index is -0.544. The van der Waals surface area contributed by atoms with Gasteiger partial charge in [0.15, 0.2) is 0 Å². The van der Waals surface area contributed by atoms with E-state index in [1.165, 1.54) is 6.42 Å². The lowest BCUT2D eigenvalue weighted by molar-refractivity contribution is -0.160. The van der Waals surface area contributed by atoms with Gasteiger partial charge in [0.2, 0.25) is 11.8 Å². The van der Waals surface area contributed by atoms with Gasteiger partial charge in [0, 0.05) is 6.54 Å². The Labute approximate surface area is 128 Å². The van der Waals surface area contributed by atoms with Gasteiger partial charge in [-0.15, -0.1) is 0 Å². The van der Waals surface area contributed by atoms with E-state index in [2.05, 4.69) is 26.1 Å². The Balaban J connectivity index is 2.23.